The van der Waals surface area contributed by atoms with E-state index in [0.717, 1.165) is 12.1 Å². The predicted molar refractivity (Wildman–Crippen MR) is 72.8 cm³/mol. The van der Waals surface area contributed by atoms with Gasteiger partial charge in [-0.1, -0.05) is 11.6 Å². The summed E-state index contributed by atoms with van der Waals surface area (Å²) in [5.41, 5.74) is -0.863. The van der Waals surface area contributed by atoms with Crippen LogP contribution in [0, 0.1) is 22.9 Å². The zero-order valence-corrected chi connectivity index (χ0v) is 11.4. The van der Waals surface area contributed by atoms with Crippen LogP contribution in [-0.4, -0.2) is 20.8 Å². The number of nitrogens with zero attached hydrogens (tertiary/aromatic N) is 3. The summed E-state index contributed by atoms with van der Waals surface area (Å²) in [5.74, 6) is -1.88. The summed E-state index contributed by atoms with van der Waals surface area (Å²) in [5, 5.41) is 13.1. The topological polar surface area (TPSA) is 98.0 Å². The number of rotatable bonds is 3. The number of carbonyl (C=O) groups is 1. The fourth-order valence-corrected chi connectivity index (χ4v) is 1.72. The fraction of sp³-hybridized carbons (Fsp3) is 0.0833. The maximum absolute atomic E-state index is 13.9. The highest BCUT2D eigenvalue weighted by atomic mass is 35.5. The van der Waals surface area contributed by atoms with Gasteiger partial charge in [0.15, 0.2) is 0 Å². The van der Waals surface area contributed by atoms with Crippen molar-refractivity contribution in [3.63, 3.8) is 0 Å². The Morgan fingerprint density at radius 1 is 1.48 bits per heavy atom. The Hall–Kier alpha value is -2.61. The van der Waals surface area contributed by atoms with Crippen LogP contribution in [-0.2, 0) is 0 Å². The highest BCUT2D eigenvalue weighted by molar-refractivity contribution is 6.29. The van der Waals surface area contributed by atoms with E-state index < -0.39 is 22.2 Å². The van der Waals surface area contributed by atoms with Crippen molar-refractivity contribution in [2.75, 3.05) is 5.32 Å². The second-order valence-corrected chi connectivity index (χ2v) is 4.43. The average Bonchev–Trinajstić information content (AvgIpc) is 2.41. The molecule has 0 saturated carbocycles. The molecular formula is C12H8ClFN4O3. The van der Waals surface area contributed by atoms with Crippen LogP contribution in [0.25, 0.3) is 0 Å². The Morgan fingerprint density at radius 3 is 2.81 bits per heavy atom. The molecule has 9 heteroatoms. The third-order valence-corrected chi connectivity index (χ3v) is 2.75. The normalized spacial score (nSPS) is 10.2. The first kappa shape index (κ1) is 14.8. The maximum Gasteiger partial charge on any atom is 0.270 e. The molecular weight excluding hydrogens is 303 g/mol. The Kier molecular flexibility index (Phi) is 4.08. The highest BCUT2D eigenvalue weighted by Crippen LogP contribution is 2.21. The molecule has 0 fully saturated rings. The molecule has 0 aliphatic rings. The van der Waals surface area contributed by atoms with E-state index in [-0.39, 0.29) is 22.4 Å². The standard InChI is InChI=1S/C12H8ClFN4O3/c1-6-4-7(18(20)21)5-8(10(6)14)11(19)17-12-15-3-2-9(13)16-12/h2-5H,1H3,(H,15,16,17,19). The maximum atomic E-state index is 13.9. The molecule has 0 bridgehead atoms. The lowest BCUT2D eigenvalue weighted by Crippen LogP contribution is -2.16. The van der Waals surface area contributed by atoms with Gasteiger partial charge in [0.05, 0.1) is 10.5 Å². The number of nitro benzene ring substituents is 1. The number of amides is 1. The molecule has 1 aromatic carbocycles. The van der Waals surface area contributed by atoms with Gasteiger partial charge in [-0.3, -0.25) is 20.2 Å². The zero-order chi connectivity index (χ0) is 15.6. The lowest BCUT2D eigenvalue weighted by molar-refractivity contribution is -0.385. The number of hydrogen-bond donors (Lipinski definition) is 1. The molecule has 0 saturated heterocycles. The molecule has 1 amide bonds. The third-order valence-electron chi connectivity index (χ3n) is 2.54. The molecule has 0 atom stereocenters. The van der Waals surface area contributed by atoms with E-state index in [0.29, 0.717) is 0 Å². The van der Waals surface area contributed by atoms with E-state index in [4.69, 9.17) is 11.6 Å². The van der Waals surface area contributed by atoms with Gasteiger partial charge < -0.3 is 0 Å². The number of hydrogen-bond acceptors (Lipinski definition) is 5. The van der Waals surface area contributed by atoms with E-state index >= 15 is 0 Å². The molecule has 0 aliphatic heterocycles. The number of halogens is 2. The first-order valence-electron chi connectivity index (χ1n) is 5.63. The molecule has 2 aromatic rings. The Labute approximate surface area is 122 Å². The van der Waals surface area contributed by atoms with Crippen molar-refractivity contribution in [2.24, 2.45) is 0 Å². The minimum Gasteiger partial charge on any atom is -0.290 e. The van der Waals surface area contributed by atoms with Crippen molar-refractivity contribution in [1.82, 2.24) is 9.97 Å². The molecule has 1 heterocycles. The number of nitrogens with one attached hydrogen (secondary N) is 1. The van der Waals surface area contributed by atoms with Crippen LogP contribution >= 0.6 is 11.6 Å². The molecule has 2 rings (SSSR count). The van der Waals surface area contributed by atoms with Gasteiger partial charge in [0.2, 0.25) is 5.95 Å². The lowest BCUT2D eigenvalue weighted by atomic mass is 10.1. The second-order valence-electron chi connectivity index (χ2n) is 4.04. The van der Waals surface area contributed by atoms with E-state index in [2.05, 4.69) is 15.3 Å². The van der Waals surface area contributed by atoms with E-state index in [1.54, 1.807) is 0 Å². The molecule has 108 valence electrons. The van der Waals surface area contributed by atoms with Gasteiger partial charge in [-0.05, 0) is 18.6 Å². The number of non-ortho nitro benzene ring substituents is 1. The van der Waals surface area contributed by atoms with Gasteiger partial charge in [-0.25, -0.2) is 14.4 Å². The first-order chi connectivity index (χ1) is 9.88. The second kappa shape index (κ2) is 5.80. The van der Waals surface area contributed by atoms with Crippen molar-refractivity contribution in [2.45, 2.75) is 6.92 Å². The third kappa shape index (κ3) is 3.29. The largest absolute Gasteiger partial charge is 0.290 e. The van der Waals surface area contributed by atoms with Gasteiger partial charge in [0.1, 0.15) is 11.0 Å². The van der Waals surface area contributed by atoms with Crippen LogP contribution in [0.1, 0.15) is 15.9 Å². The molecule has 1 aromatic heterocycles. The van der Waals surface area contributed by atoms with Crippen molar-refractivity contribution in [3.8, 4) is 0 Å². The fourth-order valence-electron chi connectivity index (χ4n) is 1.59. The molecule has 0 spiro atoms. The van der Waals surface area contributed by atoms with Crippen LogP contribution in [0.2, 0.25) is 5.15 Å². The van der Waals surface area contributed by atoms with Crippen LogP contribution in [0.15, 0.2) is 24.4 Å². The first-order valence-corrected chi connectivity index (χ1v) is 6.00. The quantitative estimate of drug-likeness (QED) is 0.534. The number of carbonyl (C=O) groups excluding carboxylic acids is 1. The van der Waals surface area contributed by atoms with Gasteiger partial charge in [0.25, 0.3) is 11.6 Å². The summed E-state index contributed by atoms with van der Waals surface area (Å²) in [6.07, 6.45) is 1.31. The summed E-state index contributed by atoms with van der Waals surface area (Å²) >= 11 is 5.63. The molecule has 0 unspecified atom stereocenters. The van der Waals surface area contributed by atoms with Gasteiger partial charge >= 0.3 is 0 Å². The smallest absolute Gasteiger partial charge is 0.270 e. The number of nitro groups is 1. The van der Waals surface area contributed by atoms with Crippen molar-refractivity contribution in [1.29, 1.82) is 0 Å². The van der Waals surface area contributed by atoms with Crippen LogP contribution in [0.4, 0.5) is 16.0 Å². The number of benzene rings is 1. The summed E-state index contributed by atoms with van der Waals surface area (Å²) in [6.45, 7) is 1.33. The van der Waals surface area contributed by atoms with E-state index in [9.17, 15) is 19.3 Å². The minimum absolute atomic E-state index is 0.0126. The number of aryl methyl sites for hydroxylation is 1. The Bertz CT molecular complexity index is 738. The summed E-state index contributed by atoms with van der Waals surface area (Å²) < 4.78 is 13.9. The highest BCUT2D eigenvalue weighted by Gasteiger charge is 2.20. The van der Waals surface area contributed by atoms with E-state index in [1.807, 2.05) is 0 Å². The lowest BCUT2D eigenvalue weighted by Gasteiger charge is -2.06. The zero-order valence-electron chi connectivity index (χ0n) is 10.6. The number of aromatic nitrogens is 2. The summed E-state index contributed by atoms with van der Waals surface area (Å²) in [6, 6.07) is 3.29. The molecule has 0 aliphatic carbocycles. The number of anilines is 1. The molecule has 1 N–H and O–H groups in total. The van der Waals surface area contributed by atoms with Crippen molar-refractivity contribution < 1.29 is 14.1 Å². The van der Waals surface area contributed by atoms with Crippen LogP contribution < -0.4 is 5.32 Å². The predicted octanol–water partition coefficient (Wildman–Crippen LogP) is 2.74. The van der Waals surface area contributed by atoms with Gasteiger partial charge in [-0.2, -0.15) is 0 Å². The average molecular weight is 311 g/mol. The van der Waals surface area contributed by atoms with Gasteiger partial charge in [-0.15, -0.1) is 0 Å². The minimum atomic E-state index is -0.901. The summed E-state index contributed by atoms with van der Waals surface area (Å²) in [4.78, 5) is 29.5. The van der Waals surface area contributed by atoms with Crippen LogP contribution in [0.5, 0.6) is 0 Å². The van der Waals surface area contributed by atoms with Crippen molar-refractivity contribution >= 4 is 29.1 Å². The van der Waals surface area contributed by atoms with Crippen LogP contribution in [0.3, 0.4) is 0 Å². The SMILES string of the molecule is Cc1cc([N+](=O)[O-])cc(C(=O)Nc2nccc(Cl)n2)c1F. The van der Waals surface area contributed by atoms with Gasteiger partial charge in [0, 0.05) is 18.3 Å². The molecule has 21 heavy (non-hydrogen) atoms. The Balaban J connectivity index is 2.37. The monoisotopic (exact) mass is 310 g/mol. The van der Waals surface area contributed by atoms with E-state index in [1.165, 1.54) is 19.2 Å². The summed E-state index contributed by atoms with van der Waals surface area (Å²) in [7, 11) is 0. The molecule has 7 nitrogen and oxygen atoms in total. The van der Waals surface area contributed by atoms with Crippen molar-refractivity contribution in [3.05, 3.63) is 56.6 Å². The Morgan fingerprint density at radius 2 is 2.19 bits per heavy atom. The molecule has 0 radical (unpaired) electrons.